The Morgan fingerprint density at radius 2 is 1.79 bits per heavy atom. The van der Waals surface area contributed by atoms with Crippen molar-refractivity contribution >= 4 is 17.7 Å². The summed E-state index contributed by atoms with van der Waals surface area (Å²) >= 11 is 0. The van der Waals surface area contributed by atoms with Crippen molar-refractivity contribution in [3.8, 4) is 0 Å². The topological polar surface area (TPSA) is 94.9 Å². The Hall–Kier alpha value is -2.35. The summed E-state index contributed by atoms with van der Waals surface area (Å²) in [5, 5.41) is 5.83. The van der Waals surface area contributed by atoms with Crippen LogP contribution in [0.15, 0.2) is 22.8 Å². The van der Waals surface area contributed by atoms with Gasteiger partial charge in [0.05, 0.1) is 12.3 Å². The summed E-state index contributed by atoms with van der Waals surface area (Å²) in [6.45, 7) is 8.09. The smallest absolute Gasteiger partial charge is 0.287 e. The number of hydrogen-bond acceptors (Lipinski definition) is 5. The zero-order valence-electron chi connectivity index (χ0n) is 16.8. The SMILES string of the molecule is CC(C)C(NC(=O)c1ccco1)C(=O)N1CCN(C(C)C(=O)NC2CC2)CC1. The molecular weight excluding hydrogens is 360 g/mol. The molecule has 3 amide bonds. The summed E-state index contributed by atoms with van der Waals surface area (Å²) in [6, 6.07) is 2.75. The fourth-order valence-corrected chi connectivity index (χ4v) is 3.38. The lowest BCUT2D eigenvalue weighted by Gasteiger charge is -2.39. The molecule has 0 radical (unpaired) electrons. The van der Waals surface area contributed by atoms with Gasteiger partial charge in [0, 0.05) is 32.2 Å². The summed E-state index contributed by atoms with van der Waals surface area (Å²) in [5.41, 5.74) is 0. The van der Waals surface area contributed by atoms with E-state index in [2.05, 4.69) is 15.5 Å². The summed E-state index contributed by atoms with van der Waals surface area (Å²) in [6.07, 6.45) is 3.57. The van der Waals surface area contributed by atoms with Crippen molar-refractivity contribution in [1.82, 2.24) is 20.4 Å². The van der Waals surface area contributed by atoms with E-state index in [0.29, 0.717) is 32.2 Å². The first-order valence-electron chi connectivity index (χ1n) is 10.0. The second kappa shape index (κ2) is 8.77. The number of nitrogens with one attached hydrogen (secondary N) is 2. The predicted molar refractivity (Wildman–Crippen MR) is 104 cm³/mol. The van der Waals surface area contributed by atoms with Crippen LogP contribution in [0, 0.1) is 5.92 Å². The van der Waals surface area contributed by atoms with Crippen molar-refractivity contribution in [3.05, 3.63) is 24.2 Å². The van der Waals surface area contributed by atoms with Crippen molar-refractivity contribution in [2.24, 2.45) is 5.92 Å². The molecule has 2 N–H and O–H groups in total. The van der Waals surface area contributed by atoms with E-state index < -0.39 is 6.04 Å². The van der Waals surface area contributed by atoms with Gasteiger partial charge in [-0.3, -0.25) is 19.3 Å². The highest BCUT2D eigenvalue weighted by Gasteiger charge is 2.34. The van der Waals surface area contributed by atoms with Gasteiger partial charge in [0.15, 0.2) is 5.76 Å². The largest absolute Gasteiger partial charge is 0.459 e. The van der Waals surface area contributed by atoms with Crippen LogP contribution in [0.5, 0.6) is 0 Å². The highest BCUT2D eigenvalue weighted by Crippen LogP contribution is 2.19. The van der Waals surface area contributed by atoms with E-state index in [0.717, 1.165) is 12.8 Å². The average Bonchev–Trinajstić information content (AvgIpc) is 3.32. The van der Waals surface area contributed by atoms with E-state index in [9.17, 15) is 14.4 Å². The molecule has 1 aromatic rings. The molecule has 1 aliphatic carbocycles. The van der Waals surface area contributed by atoms with E-state index >= 15 is 0 Å². The van der Waals surface area contributed by atoms with E-state index in [1.807, 2.05) is 20.8 Å². The van der Waals surface area contributed by atoms with Gasteiger partial charge in [0.1, 0.15) is 6.04 Å². The van der Waals surface area contributed by atoms with E-state index in [4.69, 9.17) is 4.42 Å². The van der Waals surface area contributed by atoms with Crippen LogP contribution >= 0.6 is 0 Å². The van der Waals surface area contributed by atoms with Crippen LogP contribution in [0.4, 0.5) is 0 Å². The quantitative estimate of drug-likeness (QED) is 0.720. The van der Waals surface area contributed by atoms with Crippen LogP contribution in [-0.2, 0) is 9.59 Å². The molecule has 2 atom stereocenters. The first-order valence-corrected chi connectivity index (χ1v) is 10.0. The number of furan rings is 1. The maximum absolute atomic E-state index is 13.0. The average molecular weight is 390 g/mol. The normalized spacial score (nSPS) is 19.9. The highest BCUT2D eigenvalue weighted by molar-refractivity contribution is 5.95. The standard InChI is InChI=1S/C20H30N4O4/c1-13(2)17(22-19(26)16-5-4-12-28-16)20(27)24-10-8-23(9-11-24)14(3)18(25)21-15-6-7-15/h4-5,12-15,17H,6-11H2,1-3H3,(H,21,25)(H,22,26). The van der Waals surface area contributed by atoms with Gasteiger partial charge in [-0.1, -0.05) is 13.8 Å². The van der Waals surface area contributed by atoms with Gasteiger partial charge in [-0.15, -0.1) is 0 Å². The molecule has 2 aliphatic rings. The number of piperazine rings is 1. The number of carbonyl (C=O) groups is 3. The Morgan fingerprint density at radius 3 is 2.32 bits per heavy atom. The Balaban J connectivity index is 1.53. The monoisotopic (exact) mass is 390 g/mol. The zero-order valence-corrected chi connectivity index (χ0v) is 16.8. The molecule has 28 heavy (non-hydrogen) atoms. The van der Waals surface area contributed by atoms with Gasteiger partial charge in [0.2, 0.25) is 11.8 Å². The molecule has 2 unspecified atom stereocenters. The predicted octanol–water partition coefficient (Wildman–Crippen LogP) is 0.845. The van der Waals surface area contributed by atoms with Crippen LogP contribution in [-0.4, -0.2) is 71.8 Å². The lowest BCUT2D eigenvalue weighted by molar-refractivity contribution is -0.137. The third kappa shape index (κ3) is 4.92. The molecule has 1 saturated carbocycles. The van der Waals surface area contributed by atoms with Gasteiger partial charge in [-0.05, 0) is 37.8 Å². The summed E-state index contributed by atoms with van der Waals surface area (Å²) in [5.74, 6) is -0.273. The van der Waals surface area contributed by atoms with E-state index in [1.54, 1.807) is 17.0 Å². The van der Waals surface area contributed by atoms with Crippen molar-refractivity contribution in [2.75, 3.05) is 26.2 Å². The molecule has 154 valence electrons. The van der Waals surface area contributed by atoms with Crippen molar-refractivity contribution in [3.63, 3.8) is 0 Å². The maximum atomic E-state index is 13.0. The van der Waals surface area contributed by atoms with Crippen molar-refractivity contribution < 1.29 is 18.8 Å². The first kappa shape index (κ1) is 20.4. The summed E-state index contributed by atoms with van der Waals surface area (Å²) in [7, 11) is 0. The fourth-order valence-electron chi connectivity index (χ4n) is 3.38. The number of hydrogen-bond donors (Lipinski definition) is 2. The molecule has 1 saturated heterocycles. The zero-order chi connectivity index (χ0) is 20.3. The van der Waals surface area contributed by atoms with E-state index in [1.165, 1.54) is 6.26 Å². The van der Waals surface area contributed by atoms with Crippen LogP contribution in [0.2, 0.25) is 0 Å². The van der Waals surface area contributed by atoms with Crippen molar-refractivity contribution in [1.29, 1.82) is 0 Å². The first-order chi connectivity index (χ1) is 13.4. The highest BCUT2D eigenvalue weighted by atomic mass is 16.3. The Morgan fingerprint density at radius 1 is 1.11 bits per heavy atom. The second-order valence-corrected chi connectivity index (χ2v) is 7.99. The Kier molecular flexibility index (Phi) is 6.39. The Bertz CT molecular complexity index is 691. The molecule has 0 bridgehead atoms. The van der Waals surface area contributed by atoms with Gasteiger partial charge in [-0.2, -0.15) is 0 Å². The van der Waals surface area contributed by atoms with Gasteiger partial charge in [-0.25, -0.2) is 0 Å². The van der Waals surface area contributed by atoms with Gasteiger partial charge >= 0.3 is 0 Å². The number of nitrogens with zero attached hydrogens (tertiary/aromatic N) is 2. The second-order valence-electron chi connectivity index (χ2n) is 7.99. The fraction of sp³-hybridized carbons (Fsp3) is 0.650. The molecule has 0 aromatic carbocycles. The molecular formula is C20H30N4O4. The minimum atomic E-state index is -0.611. The van der Waals surface area contributed by atoms with Gasteiger partial charge < -0.3 is 20.0 Å². The molecule has 1 aliphatic heterocycles. The third-order valence-corrected chi connectivity index (χ3v) is 5.44. The summed E-state index contributed by atoms with van der Waals surface area (Å²) in [4.78, 5) is 41.4. The minimum absolute atomic E-state index is 0.0484. The molecule has 0 spiro atoms. The van der Waals surface area contributed by atoms with Crippen LogP contribution in [0.25, 0.3) is 0 Å². The molecule has 3 rings (SSSR count). The molecule has 8 heteroatoms. The maximum Gasteiger partial charge on any atom is 0.287 e. The summed E-state index contributed by atoms with van der Waals surface area (Å²) < 4.78 is 5.11. The molecule has 1 aromatic heterocycles. The van der Waals surface area contributed by atoms with Crippen LogP contribution in [0.1, 0.15) is 44.2 Å². The molecule has 2 fully saturated rings. The van der Waals surface area contributed by atoms with Crippen LogP contribution < -0.4 is 10.6 Å². The molecule has 2 heterocycles. The minimum Gasteiger partial charge on any atom is -0.459 e. The lowest BCUT2D eigenvalue weighted by Crippen LogP contribution is -2.59. The van der Waals surface area contributed by atoms with E-state index in [-0.39, 0.29) is 35.4 Å². The van der Waals surface area contributed by atoms with Crippen LogP contribution in [0.3, 0.4) is 0 Å². The van der Waals surface area contributed by atoms with Gasteiger partial charge in [0.25, 0.3) is 5.91 Å². The number of amides is 3. The third-order valence-electron chi connectivity index (χ3n) is 5.44. The molecule has 8 nitrogen and oxygen atoms in total. The lowest BCUT2D eigenvalue weighted by atomic mass is 10.0. The number of carbonyl (C=O) groups excluding carboxylic acids is 3. The number of rotatable bonds is 7. The Labute approximate surface area is 165 Å². The van der Waals surface area contributed by atoms with Crippen molar-refractivity contribution in [2.45, 2.75) is 51.7 Å².